The van der Waals surface area contributed by atoms with Crippen molar-refractivity contribution >= 4 is 59.1 Å². The molecule has 1 aliphatic rings. The Balaban J connectivity index is 4.32. The summed E-state index contributed by atoms with van der Waals surface area (Å²) in [6.45, 7) is 29.6. The average Bonchev–Trinajstić information content (AvgIpc) is 3.62. The van der Waals surface area contributed by atoms with E-state index < -0.39 is 156 Å². The minimum Gasteiger partial charge on any atom is -0.390 e. The third-order valence-corrected chi connectivity index (χ3v) is 16.2. The monoisotopic (exact) mass is 1200 g/mol. The van der Waals surface area contributed by atoms with Gasteiger partial charge in [0, 0.05) is 49.3 Å². The van der Waals surface area contributed by atoms with Gasteiger partial charge in [0.1, 0.15) is 54.6 Å². The summed E-state index contributed by atoms with van der Waals surface area (Å²) >= 11 is 0. The third kappa shape index (κ3) is 21.9. The lowest BCUT2D eigenvalue weighted by Gasteiger charge is -2.41. The zero-order valence-electron chi connectivity index (χ0n) is 56.2. The quantitative estimate of drug-likeness (QED) is 0.129. The first-order valence-corrected chi connectivity index (χ1v) is 30.7. The van der Waals surface area contributed by atoms with Gasteiger partial charge in [-0.3, -0.25) is 53.3 Å². The molecule has 1 saturated heterocycles. The highest BCUT2D eigenvalue weighted by atomic mass is 16.3. The summed E-state index contributed by atoms with van der Waals surface area (Å²) in [4.78, 5) is 155. The second-order valence-corrected chi connectivity index (χ2v) is 26.3. The van der Waals surface area contributed by atoms with E-state index >= 15 is 9.59 Å². The molecule has 0 spiro atoms. The zero-order valence-corrected chi connectivity index (χ0v) is 56.2. The zero-order chi connectivity index (χ0) is 66.0. The first-order valence-electron chi connectivity index (χ1n) is 30.7. The summed E-state index contributed by atoms with van der Waals surface area (Å²) < 4.78 is 0. The molecule has 23 nitrogen and oxygen atoms in total. The van der Waals surface area contributed by atoms with Gasteiger partial charge in [0.05, 0.1) is 24.7 Å². The number of hydrogen-bond donors (Lipinski definition) is 6. The number of carbonyl (C=O) groups is 10. The number of likely N-dealkylation sites (N-methyl/N-ethyl adjacent to an activating group) is 7. The van der Waals surface area contributed by atoms with Crippen LogP contribution >= 0.6 is 0 Å². The molecule has 0 radical (unpaired) electrons. The molecule has 0 aromatic carbocycles. The first kappa shape index (κ1) is 77.3. The van der Waals surface area contributed by atoms with Crippen LogP contribution in [0.25, 0.3) is 0 Å². The lowest BCUT2D eigenvalue weighted by Crippen LogP contribution is -2.63. The van der Waals surface area contributed by atoms with E-state index in [0.29, 0.717) is 6.42 Å². The van der Waals surface area contributed by atoms with Crippen LogP contribution in [0.5, 0.6) is 0 Å². The Morgan fingerprint density at radius 1 is 0.506 bits per heavy atom. The van der Waals surface area contributed by atoms with Gasteiger partial charge in [-0.05, 0) is 101 Å². The summed E-state index contributed by atoms with van der Waals surface area (Å²) in [5, 5.41) is 34.9. The molecular weight excluding hydrogens is 1090 g/mol. The second-order valence-electron chi connectivity index (χ2n) is 26.3. The van der Waals surface area contributed by atoms with Gasteiger partial charge >= 0.3 is 0 Å². The molecule has 0 aliphatic carbocycles. The Morgan fingerprint density at radius 2 is 0.929 bits per heavy atom. The summed E-state index contributed by atoms with van der Waals surface area (Å²) in [7, 11) is 10.0. The van der Waals surface area contributed by atoms with Crippen LogP contribution in [-0.2, 0) is 47.9 Å². The highest BCUT2D eigenvalue weighted by Gasteiger charge is 2.45. The van der Waals surface area contributed by atoms with Gasteiger partial charge in [-0.15, -0.1) is 0 Å². The van der Waals surface area contributed by atoms with E-state index in [1.165, 1.54) is 87.7 Å². The summed E-state index contributed by atoms with van der Waals surface area (Å²) in [6.07, 6.45) is 1.62. The minimum absolute atomic E-state index is 0.0267. The summed E-state index contributed by atoms with van der Waals surface area (Å²) in [6, 6.07) is -11.9. The molecule has 1 rings (SSSR count). The normalized spacial score (nSPS) is 27.9. The lowest BCUT2D eigenvalue weighted by molar-refractivity contribution is -0.157. The Labute approximate surface area is 509 Å². The van der Waals surface area contributed by atoms with E-state index in [-0.39, 0.29) is 55.8 Å². The number of aliphatic hydroxyl groups is 2. The maximum Gasteiger partial charge on any atom is 0.246 e. The van der Waals surface area contributed by atoms with E-state index in [1.54, 1.807) is 54.5 Å². The van der Waals surface area contributed by atoms with E-state index in [0.717, 1.165) is 9.80 Å². The van der Waals surface area contributed by atoms with Crippen LogP contribution in [0.4, 0.5) is 0 Å². The highest BCUT2D eigenvalue weighted by Crippen LogP contribution is 2.26. The standard InChI is InChI=1S/C62H113N11O12/c1-25-27-28-40(15)52(75)51-56(79)65-43(26-2)58(81)67(18)33-48(74)68(19)44(29-34(3)4)55(78)66-49(38(11)12)61(84)69(20)45(30-35(5)6)54(77)63-41(16)53(76)64-42(17)57(80)70(21)46(31-36(7)8)59(82)71(22)47(32-37(9)10)60(83)72(23)50(39(13)14)62(85)73(51)24/h25,27,34-47,49-53,64,75-76H,26,28-33H2,1-24H3,(H,63,77)(H,65,79)(H,66,78)/b27-25+/t40-,41+,42-,43+,44+,45+,46?,47+,49+,50+,51+,52-,53-/m1/s1. The van der Waals surface area contributed by atoms with Gasteiger partial charge in [-0.1, -0.05) is 109 Å². The molecule has 1 heterocycles. The van der Waals surface area contributed by atoms with Gasteiger partial charge < -0.3 is 60.5 Å². The fourth-order valence-electron chi connectivity index (χ4n) is 10.8. The third-order valence-electron chi connectivity index (χ3n) is 16.2. The van der Waals surface area contributed by atoms with Gasteiger partial charge in [-0.25, -0.2) is 0 Å². The van der Waals surface area contributed by atoms with Crippen molar-refractivity contribution in [3.63, 3.8) is 0 Å². The van der Waals surface area contributed by atoms with Crippen LogP contribution in [-0.4, -0.2) is 232 Å². The Hall–Kier alpha value is -5.68. The molecule has 10 amide bonds. The van der Waals surface area contributed by atoms with Crippen molar-refractivity contribution in [1.29, 1.82) is 0 Å². The van der Waals surface area contributed by atoms with Crippen molar-refractivity contribution in [2.24, 2.45) is 41.4 Å². The molecule has 488 valence electrons. The fourth-order valence-corrected chi connectivity index (χ4v) is 10.8. The molecule has 85 heavy (non-hydrogen) atoms. The van der Waals surface area contributed by atoms with Crippen LogP contribution < -0.4 is 21.3 Å². The largest absolute Gasteiger partial charge is 0.390 e. The van der Waals surface area contributed by atoms with Crippen LogP contribution in [0, 0.1) is 41.4 Å². The molecule has 13 atom stereocenters. The van der Waals surface area contributed by atoms with Crippen molar-refractivity contribution in [2.75, 3.05) is 55.9 Å². The van der Waals surface area contributed by atoms with Gasteiger partial charge in [0.15, 0.2) is 0 Å². The highest BCUT2D eigenvalue weighted by molar-refractivity contribution is 5.98. The number of aliphatic hydroxyl groups excluding tert-OH is 2. The van der Waals surface area contributed by atoms with Crippen LogP contribution in [0.3, 0.4) is 0 Å². The minimum atomic E-state index is -1.60. The van der Waals surface area contributed by atoms with Crippen molar-refractivity contribution < 1.29 is 58.2 Å². The van der Waals surface area contributed by atoms with Crippen LogP contribution in [0.2, 0.25) is 0 Å². The predicted molar refractivity (Wildman–Crippen MR) is 329 cm³/mol. The number of amides is 10. The molecule has 0 saturated carbocycles. The Bertz CT molecular complexity index is 2280. The number of nitrogens with zero attached hydrogens (tertiary/aromatic N) is 7. The lowest BCUT2D eigenvalue weighted by atomic mass is 9.91. The fraction of sp³-hybridized carbons (Fsp3) is 0.806. The molecule has 1 unspecified atom stereocenters. The van der Waals surface area contributed by atoms with E-state index in [9.17, 15) is 48.6 Å². The smallest absolute Gasteiger partial charge is 0.246 e. The Morgan fingerprint density at radius 3 is 1.38 bits per heavy atom. The molecular formula is C62H113N11O12. The van der Waals surface area contributed by atoms with Gasteiger partial charge in [0.2, 0.25) is 59.1 Å². The molecule has 0 aromatic rings. The second kappa shape index (κ2) is 35.2. The Kier molecular flexibility index (Phi) is 32.0. The maximum atomic E-state index is 15.1. The molecule has 0 aromatic heterocycles. The average molecular weight is 1200 g/mol. The molecule has 1 fully saturated rings. The number of allylic oxidation sites excluding steroid dienone is 2. The van der Waals surface area contributed by atoms with E-state index in [1.807, 2.05) is 61.5 Å². The molecule has 23 heteroatoms. The number of nitrogens with one attached hydrogen (secondary N) is 4. The molecule has 0 bridgehead atoms. The van der Waals surface area contributed by atoms with Crippen molar-refractivity contribution in [3.05, 3.63) is 12.2 Å². The first-order chi connectivity index (χ1) is 39.2. The number of carbonyl (C=O) groups excluding carboxylic acids is 10. The number of rotatable bonds is 15. The summed E-state index contributed by atoms with van der Waals surface area (Å²) in [5.74, 6) is -8.68. The van der Waals surface area contributed by atoms with E-state index in [4.69, 9.17) is 0 Å². The van der Waals surface area contributed by atoms with E-state index in [2.05, 4.69) is 21.3 Å². The van der Waals surface area contributed by atoms with Crippen molar-refractivity contribution in [3.8, 4) is 0 Å². The van der Waals surface area contributed by atoms with Crippen LogP contribution in [0.1, 0.15) is 156 Å². The summed E-state index contributed by atoms with van der Waals surface area (Å²) in [5.41, 5.74) is 0. The topological polar surface area (TPSA) is 282 Å². The maximum absolute atomic E-state index is 15.1. The predicted octanol–water partition coefficient (Wildman–Crippen LogP) is 3.06. The van der Waals surface area contributed by atoms with Crippen LogP contribution in [0.15, 0.2) is 12.2 Å². The molecule has 6 N–H and O–H groups in total. The SMILES string of the molecule is C/C=C/C[C@@H](C)[C@@H](O)[C@H]1C(=O)N[C@@H](CC)C(=O)N(C)CC(=O)N(C)[C@@H](CC(C)C)C(=O)N[C@@H](C(C)C)C(=O)N(C)[C@@H](CC(C)C)C(=O)N[C@@H](C)[C@@H](O)N[C@H](C)C(=O)N(C)C(CC(C)C)C(=O)N(C)[C@@H](CC(C)C)C(=O)N(C)[C@@H](C(C)C)C(=O)N1C. The van der Waals surface area contributed by atoms with Crippen molar-refractivity contribution in [1.82, 2.24) is 55.6 Å². The van der Waals surface area contributed by atoms with Gasteiger partial charge in [-0.2, -0.15) is 0 Å². The molecule has 1 aliphatic heterocycles. The van der Waals surface area contributed by atoms with Crippen molar-refractivity contribution in [2.45, 2.75) is 229 Å². The van der Waals surface area contributed by atoms with Gasteiger partial charge in [0.25, 0.3) is 0 Å². The number of hydrogen-bond acceptors (Lipinski definition) is 13.